The van der Waals surface area contributed by atoms with Crippen LogP contribution in [0.15, 0.2) is 42.9 Å². The topological polar surface area (TPSA) is 148 Å². The minimum absolute atomic E-state index is 0.131. The number of carbonyl (C=O) groups excluding carboxylic acids is 2. The molecule has 0 aliphatic heterocycles. The fraction of sp³-hybridized carbons (Fsp3) is 0.318. The Labute approximate surface area is 195 Å². The van der Waals surface area contributed by atoms with Crippen molar-refractivity contribution in [2.75, 3.05) is 12.0 Å². The van der Waals surface area contributed by atoms with Crippen molar-refractivity contribution >= 4 is 17.8 Å². The molecular formula is C22H25N9O3. The summed E-state index contributed by atoms with van der Waals surface area (Å²) in [7, 11) is 1.35. The van der Waals surface area contributed by atoms with Gasteiger partial charge in [0.1, 0.15) is 17.3 Å². The second kappa shape index (κ2) is 10.5. The minimum Gasteiger partial charge on any atom is -0.465 e. The number of methoxy groups -OCH3 is 1. The van der Waals surface area contributed by atoms with Gasteiger partial charge in [0, 0.05) is 25.4 Å². The van der Waals surface area contributed by atoms with Crippen LogP contribution in [-0.2, 0) is 24.2 Å². The van der Waals surface area contributed by atoms with Gasteiger partial charge < -0.3 is 14.3 Å². The van der Waals surface area contributed by atoms with Crippen molar-refractivity contribution in [1.82, 2.24) is 40.1 Å². The van der Waals surface area contributed by atoms with E-state index in [1.165, 1.54) is 12.0 Å². The highest BCUT2D eigenvalue weighted by Crippen LogP contribution is 2.18. The minimum atomic E-state index is -0.401. The average Bonchev–Trinajstić information content (AvgIpc) is 3.64. The van der Waals surface area contributed by atoms with Gasteiger partial charge >= 0.3 is 5.97 Å². The predicted octanol–water partition coefficient (Wildman–Crippen LogP) is 2.14. The zero-order chi connectivity index (χ0) is 23.9. The Morgan fingerprint density at radius 1 is 1.18 bits per heavy atom. The largest absolute Gasteiger partial charge is 0.465 e. The molecule has 0 atom stereocenters. The molecule has 12 nitrogen and oxygen atoms in total. The Morgan fingerprint density at radius 3 is 2.65 bits per heavy atom. The lowest BCUT2D eigenvalue weighted by atomic mass is 10.1. The number of aromatic nitrogens is 8. The van der Waals surface area contributed by atoms with Crippen LogP contribution in [0.4, 0.5) is 5.95 Å². The van der Waals surface area contributed by atoms with Crippen LogP contribution in [0.3, 0.4) is 0 Å². The molecule has 1 amide bonds. The van der Waals surface area contributed by atoms with Crippen LogP contribution in [0.1, 0.15) is 57.8 Å². The highest BCUT2D eigenvalue weighted by Gasteiger charge is 2.27. The van der Waals surface area contributed by atoms with Crippen LogP contribution >= 0.6 is 0 Å². The fourth-order valence-corrected chi connectivity index (χ4v) is 3.52. The molecule has 0 radical (unpaired) electrons. The highest BCUT2D eigenvalue weighted by atomic mass is 16.5. The predicted molar refractivity (Wildman–Crippen MR) is 121 cm³/mol. The maximum Gasteiger partial charge on any atom is 0.337 e. The number of rotatable bonds is 10. The standard InChI is InChI=1S/C22H25N9O3/c1-3-4-5-19-25-12-17(30(19)13-15-6-8-16(9-7-15)21(33)34-2)20(32)31(22-26-28-29-27-22)14-18-23-10-11-24-18/h6-12H,3-5,13-14H2,1-2H3,(H,23,24)(H,26,27,28,29). The maximum absolute atomic E-state index is 13.7. The molecule has 3 heterocycles. The van der Waals surface area contributed by atoms with E-state index in [1.54, 1.807) is 30.7 Å². The van der Waals surface area contributed by atoms with Crippen molar-refractivity contribution in [3.63, 3.8) is 0 Å². The van der Waals surface area contributed by atoms with E-state index >= 15 is 0 Å². The van der Waals surface area contributed by atoms with Gasteiger partial charge in [0.25, 0.3) is 11.9 Å². The summed E-state index contributed by atoms with van der Waals surface area (Å²) in [6, 6.07) is 7.08. The molecule has 4 rings (SSSR count). The number of tetrazole rings is 1. The van der Waals surface area contributed by atoms with Crippen LogP contribution in [0.5, 0.6) is 0 Å². The monoisotopic (exact) mass is 463 g/mol. The SMILES string of the molecule is CCCCc1ncc(C(=O)N(Cc2ncc[nH]2)c2nn[nH]n2)n1Cc1ccc(C(=O)OC)cc1. The van der Waals surface area contributed by atoms with E-state index in [2.05, 4.69) is 42.5 Å². The fourth-order valence-electron chi connectivity index (χ4n) is 3.52. The molecular weight excluding hydrogens is 438 g/mol. The van der Waals surface area contributed by atoms with Gasteiger partial charge in [-0.2, -0.15) is 5.21 Å². The first kappa shape index (κ1) is 22.8. The molecule has 12 heteroatoms. The Hall–Kier alpha value is -4.35. The summed E-state index contributed by atoms with van der Waals surface area (Å²) in [6.07, 6.45) is 7.53. The van der Waals surface area contributed by atoms with E-state index < -0.39 is 5.97 Å². The third-order valence-corrected chi connectivity index (χ3v) is 5.31. The zero-order valence-corrected chi connectivity index (χ0v) is 18.9. The zero-order valence-electron chi connectivity index (χ0n) is 18.9. The molecule has 0 fully saturated rings. The van der Waals surface area contributed by atoms with Gasteiger partial charge in [0.05, 0.1) is 25.4 Å². The molecule has 0 unspecified atom stereocenters. The molecule has 2 N–H and O–H groups in total. The maximum atomic E-state index is 13.7. The summed E-state index contributed by atoms with van der Waals surface area (Å²) >= 11 is 0. The van der Waals surface area contributed by atoms with Crippen molar-refractivity contribution in [3.05, 3.63) is 71.3 Å². The average molecular weight is 464 g/mol. The van der Waals surface area contributed by atoms with E-state index in [-0.39, 0.29) is 18.4 Å². The van der Waals surface area contributed by atoms with Gasteiger partial charge in [0.2, 0.25) is 0 Å². The lowest BCUT2D eigenvalue weighted by molar-refractivity contribution is 0.0600. The lowest BCUT2D eigenvalue weighted by Crippen LogP contribution is -2.33. The van der Waals surface area contributed by atoms with E-state index in [0.29, 0.717) is 23.6 Å². The van der Waals surface area contributed by atoms with Gasteiger partial charge in [-0.3, -0.25) is 9.69 Å². The number of ether oxygens (including phenoxy) is 1. The lowest BCUT2D eigenvalue weighted by Gasteiger charge is -2.19. The number of unbranched alkanes of at least 4 members (excludes halogenated alkanes) is 1. The van der Waals surface area contributed by atoms with Crippen LogP contribution in [0.2, 0.25) is 0 Å². The number of esters is 1. The number of aryl methyl sites for hydroxylation is 1. The quantitative estimate of drug-likeness (QED) is 0.340. The smallest absolute Gasteiger partial charge is 0.337 e. The van der Waals surface area contributed by atoms with Crippen molar-refractivity contribution in [2.24, 2.45) is 0 Å². The number of H-pyrrole nitrogens is 2. The van der Waals surface area contributed by atoms with Crippen molar-refractivity contribution < 1.29 is 14.3 Å². The normalized spacial score (nSPS) is 10.9. The highest BCUT2D eigenvalue weighted by molar-refractivity contribution is 6.03. The second-order valence-corrected chi connectivity index (χ2v) is 7.58. The number of benzene rings is 1. The number of anilines is 1. The number of imidazole rings is 2. The van der Waals surface area contributed by atoms with Crippen LogP contribution in [-0.4, -0.2) is 59.1 Å². The van der Waals surface area contributed by atoms with Crippen molar-refractivity contribution in [2.45, 2.75) is 39.3 Å². The number of aromatic amines is 2. The Kier molecular flexibility index (Phi) is 7.06. The third-order valence-electron chi connectivity index (χ3n) is 5.31. The molecule has 0 aliphatic rings. The van der Waals surface area contributed by atoms with Crippen LogP contribution < -0.4 is 4.90 Å². The Morgan fingerprint density at radius 2 is 2.00 bits per heavy atom. The first-order valence-corrected chi connectivity index (χ1v) is 10.9. The van der Waals surface area contributed by atoms with Gasteiger partial charge in [0.15, 0.2) is 0 Å². The summed E-state index contributed by atoms with van der Waals surface area (Å²) in [5.74, 6) is 0.774. The number of hydrogen-bond donors (Lipinski definition) is 2. The first-order chi connectivity index (χ1) is 16.6. The molecule has 1 aromatic carbocycles. The van der Waals surface area contributed by atoms with Crippen LogP contribution in [0, 0.1) is 0 Å². The Balaban J connectivity index is 1.67. The van der Waals surface area contributed by atoms with Gasteiger partial charge in [-0.05, 0) is 29.3 Å². The van der Waals surface area contributed by atoms with Crippen LogP contribution in [0.25, 0.3) is 0 Å². The number of amides is 1. The number of nitrogens with zero attached hydrogens (tertiary/aromatic N) is 7. The van der Waals surface area contributed by atoms with Crippen molar-refractivity contribution in [3.8, 4) is 0 Å². The molecule has 0 saturated carbocycles. The Bertz CT molecular complexity index is 1220. The summed E-state index contributed by atoms with van der Waals surface area (Å²) in [4.78, 5) is 38.6. The van der Waals surface area contributed by atoms with Crippen molar-refractivity contribution in [1.29, 1.82) is 0 Å². The number of carbonyl (C=O) groups is 2. The van der Waals surface area contributed by atoms with Gasteiger partial charge in [-0.1, -0.05) is 30.6 Å². The molecule has 0 saturated heterocycles. The molecule has 34 heavy (non-hydrogen) atoms. The van der Waals surface area contributed by atoms with Gasteiger partial charge in [-0.25, -0.2) is 14.8 Å². The first-order valence-electron chi connectivity index (χ1n) is 10.9. The number of hydrogen-bond acceptors (Lipinski definition) is 8. The molecule has 176 valence electrons. The molecule has 4 aromatic rings. The molecule has 0 spiro atoms. The van der Waals surface area contributed by atoms with E-state index in [1.807, 2.05) is 16.7 Å². The summed E-state index contributed by atoms with van der Waals surface area (Å²) in [5.41, 5.74) is 1.76. The molecule has 0 aliphatic carbocycles. The van der Waals surface area contributed by atoms with E-state index in [4.69, 9.17) is 4.74 Å². The van der Waals surface area contributed by atoms with E-state index in [9.17, 15) is 9.59 Å². The number of nitrogens with one attached hydrogen (secondary N) is 2. The van der Waals surface area contributed by atoms with Gasteiger partial charge in [-0.15, -0.1) is 5.10 Å². The summed E-state index contributed by atoms with van der Waals surface area (Å²) < 4.78 is 6.66. The van der Waals surface area contributed by atoms with E-state index in [0.717, 1.165) is 30.7 Å². The second-order valence-electron chi connectivity index (χ2n) is 7.58. The third kappa shape index (κ3) is 5.00. The summed E-state index contributed by atoms with van der Waals surface area (Å²) in [5, 5.41) is 14.0. The molecule has 0 bridgehead atoms. The molecule has 3 aromatic heterocycles. The summed E-state index contributed by atoms with van der Waals surface area (Å²) in [6.45, 7) is 2.64.